The SMILES string of the molecule is CC(C)c1ccc(C(CCO)c2ccc(F)cc2)cc1. The maximum atomic E-state index is 13.0. The van der Waals surface area contributed by atoms with Crippen molar-refractivity contribution >= 4 is 0 Å². The lowest BCUT2D eigenvalue weighted by Crippen LogP contribution is -2.04. The fraction of sp³-hybridized carbons (Fsp3) is 0.333. The molecule has 0 bridgehead atoms. The number of aliphatic hydroxyl groups excluding tert-OH is 1. The zero-order chi connectivity index (χ0) is 14.5. The lowest BCUT2D eigenvalue weighted by molar-refractivity contribution is 0.281. The van der Waals surface area contributed by atoms with Gasteiger partial charge < -0.3 is 5.11 Å². The van der Waals surface area contributed by atoms with Crippen LogP contribution in [-0.4, -0.2) is 11.7 Å². The number of aliphatic hydroxyl groups is 1. The molecule has 1 N–H and O–H groups in total. The summed E-state index contributed by atoms with van der Waals surface area (Å²) >= 11 is 0. The fourth-order valence-corrected chi connectivity index (χ4v) is 2.46. The van der Waals surface area contributed by atoms with Gasteiger partial charge in [-0.25, -0.2) is 4.39 Å². The Morgan fingerprint density at radius 2 is 1.30 bits per heavy atom. The molecule has 0 radical (unpaired) electrons. The third-order valence-electron chi connectivity index (χ3n) is 3.70. The Bertz CT molecular complexity index is 528. The molecule has 0 aliphatic heterocycles. The van der Waals surface area contributed by atoms with Crippen LogP contribution < -0.4 is 0 Å². The smallest absolute Gasteiger partial charge is 0.123 e. The van der Waals surface area contributed by atoms with Crippen molar-refractivity contribution in [3.8, 4) is 0 Å². The van der Waals surface area contributed by atoms with Crippen molar-refractivity contribution < 1.29 is 9.50 Å². The molecule has 0 saturated carbocycles. The second-order valence-electron chi connectivity index (χ2n) is 5.44. The maximum Gasteiger partial charge on any atom is 0.123 e. The van der Waals surface area contributed by atoms with Crippen LogP contribution in [0.15, 0.2) is 48.5 Å². The molecule has 2 aromatic rings. The lowest BCUT2D eigenvalue weighted by atomic mass is 9.87. The third kappa shape index (κ3) is 3.45. The van der Waals surface area contributed by atoms with Crippen LogP contribution in [0.4, 0.5) is 4.39 Å². The summed E-state index contributed by atoms with van der Waals surface area (Å²) < 4.78 is 13.0. The highest BCUT2D eigenvalue weighted by molar-refractivity contribution is 5.35. The van der Waals surface area contributed by atoms with Crippen LogP contribution in [0.25, 0.3) is 0 Å². The molecule has 2 aromatic carbocycles. The molecule has 0 spiro atoms. The zero-order valence-corrected chi connectivity index (χ0v) is 12.0. The molecule has 0 amide bonds. The van der Waals surface area contributed by atoms with Crippen molar-refractivity contribution in [2.75, 3.05) is 6.61 Å². The molecular formula is C18H21FO. The van der Waals surface area contributed by atoms with Crippen molar-refractivity contribution in [2.45, 2.75) is 32.1 Å². The summed E-state index contributed by atoms with van der Waals surface area (Å²) in [5, 5.41) is 9.28. The van der Waals surface area contributed by atoms with E-state index in [2.05, 4.69) is 38.1 Å². The molecule has 0 aliphatic carbocycles. The van der Waals surface area contributed by atoms with E-state index in [0.717, 1.165) is 11.1 Å². The largest absolute Gasteiger partial charge is 0.396 e. The third-order valence-corrected chi connectivity index (χ3v) is 3.70. The van der Waals surface area contributed by atoms with Crippen LogP contribution >= 0.6 is 0 Å². The molecule has 1 unspecified atom stereocenters. The van der Waals surface area contributed by atoms with Crippen LogP contribution in [-0.2, 0) is 0 Å². The molecule has 106 valence electrons. The average molecular weight is 272 g/mol. The molecular weight excluding hydrogens is 251 g/mol. The van der Waals surface area contributed by atoms with Gasteiger partial charge in [0, 0.05) is 12.5 Å². The predicted octanol–water partition coefficient (Wildman–Crippen LogP) is 4.46. The van der Waals surface area contributed by atoms with Gasteiger partial charge in [-0.15, -0.1) is 0 Å². The molecule has 0 fully saturated rings. The predicted molar refractivity (Wildman–Crippen MR) is 80.5 cm³/mol. The molecule has 1 nitrogen and oxygen atoms in total. The molecule has 0 heterocycles. The number of halogens is 1. The topological polar surface area (TPSA) is 20.2 Å². The average Bonchev–Trinajstić information content (AvgIpc) is 2.46. The van der Waals surface area contributed by atoms with Gasteiger partial charge >= 0.3 is 0 Å². The van der Waals surface area contributed by atoms with E-state index >= 15 is 0 Å². The monoisotopic (exact) mass is 272 g/mol. The van der Waals surface area contributed by atoms with Gasteiger partial charge in [0.25, 0.3) is 0 Å². The minimum Gasteiger partial charge on any atom is -0.396 e. The normalized spacial score (nSPS) is 12.7. The van der Waals surface area contributed by atoms with Gasteiger partial charge in [0.2, 0.25) is 0 Å². The fourth-order valence-electron chi connectivity index (χ4n) is 2.46. The Balaban J connectivity index is 2.30. The second kappa shape index (κ2) is 6.67. The van der Waals surface area contributed by atoms with E-state index in [-0.39, 0.29) is 18.3 Å². The van der Waals surface area contributed by atoms with Gasteiger partial charge in [0.1, 0.15) is 5.82 Å². The summed E-state index contributed by atoms with van der Waals surface area (Å²) in [7, 11) is 0. The van der Waals surface area contributed by atoms with Crippen molar-refractivity contribution in [1.82, 2.24) is 0 Å². The van der Waals surface area contributed by atoms with Crippen LogP contribution in [0.2, 0.25) is 0 Å². The first-order valence-corrected chi connectivity index (χ1v) is 7.08. The van der Waals surface area contributed by atoms with Crippen molar-refractivity contribution in [3.63, 3.8) is 0 Å². The maximum absolute atomic E-state index is 13.0. The quantitative estimate of drug-likeness (QED) is 0.851. The molecule has 2 heteroatoms. The Morgan fingerprint density at radius 3 is 1.75 bits per heavy atom. The Morgan fingerprint density at radius 1 is 0.850 bits per heavy atom. The van der Waals surface area contributed by atoms with E-state index in [1.807, 2.05) is 0 Å². The van der Waals surface area contributed by atoms with E-state index in [9.17, 15) is 9.50 Å². The van der Waals surface area contributed by atoms with Crippen LogP contribution in [0.3, 0.4) is 0 Å². The van der Waals surface area contributed by atoms with Gasteiger partial charge in [0.05, 0.1) is 0 Å². The molecule has 0 saturated heterocycles. The van der Waals surface area contributed by atoms with E-state index < -0.39 is 0 Å². The highest BCUT2D eigenvalue weighted by Crippen LogP contribution is 2.29. The van der Waals surface area contributed by atoms with E-state index in [4.69, 9.17) is 0 Å². The highest BCUT2D eigenvalue weighted by atomic mass is 19.1. The first-order chi connectivity index (χ1) is 9.61. The minimum absolute atomic E-state index is 0.113. The van der Waals surface area contributed by atoms with Gasteiger partial charge in [-0.3, -0.25) is 0 Å². The number of benzene rings is 2. The van der Waals surface area contributed by atoms with Crippen LogP contribution in [0, 0.1) is 5.82 Å². The van der Waals surface area contributed by atoms with Crippen molar-refractivity contribution in [3.05, 3.63) is 71.0 Å². The van der Waals surface area contributed by atoms with E-state index in [1.165, 1.54) is 17.7 Å². The number of rotatable bonds is 5. The minimum atomic E-state index is -0.230. The summed E-state index contributed by atoms with van der Waals surface area (Å²) in [5.74, 6) is 0.389. The highest BCUT2D eigenvalue weighted by Gasteiger charge is 2.14. The standard InChI is InChI=1S/C18H21FO/c1-13(2)14-3-5-15(6-4-14)18(11-12-20)16-7-9-17(19)10-8-16/h3-10,13,18,20H,11-12H2,1-2H3. The molecule has 2 rings (SSSR count). The Hall–Kier alpha value is -1.67. The summed E-state index contributed by atoms with van der Waals surface area (Å²) in [5.41, 5.74) is 3.50. The van der Waals surface area contributed by atoms with Gasteiger partial charge in [-0.1, -0.05) is 50.2 Å². The van der Waals surface area contributed by atoms with Crippen LogP contribution in [0.5, 0.6) is 0 Å². The van der Waals surface area contributed by atoms with E-state index in [1.54, 1.807) is 12.1 Å². The van der Waals surface area contributed by atoms with Gasteiger partial charge in [-0.2, -0.15) is 0 Å². The first kappa shape index (κ1) is 14.7. The number of hydrogen-bond donors (Lipinski definition) is 1. The van der Waals surface area contributed by atoms with Crippen molar-refractivity contribution in [2.24, 2.45) is 0 Å². The molecule has 1 atom stereocenters. The summed E-state index contributed by atoms with van der Waals surface area (Å²) in [6.45, 7) is 4.45. The summed E-state index contributed by atoms with van der Waals surface area (Å²) in [6, 6.07) is 15.0. The van der Waals surface area contributed by atoms with Crippen molar-refractivity contribution in [1.29, 1.82) is 0 Å². The van der Waals surface area contributed by atoms with Gasteiger partial charge in [-0.05, 0) is 41.2 Å². The summed E-state index contributed by atoms with van der Waals surface area (Å²) in [6.07, 6.45) is 0.645. The Labute approximate surface area is 120 Å². The second-order valence-corrected chi connectivity index (χ2v) is 5.44. The lowest BCUT2D eigenvalue weighted by Gasteiger charge is -2.18. The zero-order valence-electron chi connectivity index (χ0n) is 12.0. The molecule has 0 aliphatic rings. The Kier molecular flexibility index (Phi) is 4.91. The molecule has 0 aromatic heterocycles. The first-order valence-electron chi connectivity index (χ1n) is 7.08. The summed E-state index contributed by atoms with van der Waals surface area (Å²) in [4.78, 5) is 0. The number of hydrogen-bond acceptors (Lipinski definition) is 1. The molecule has 20 heavy (non-hydrogen) atoms. The van der Waals surface area contributed by atoms with E-state index in [0.29, 0.717) is 12.3 Å². The van der Waals surface area contributed by atoms with Crippen LogP contribution in [0.1, 0.15) is 48.8 Å². The van der Waals surface area contributed by atoms with Gasteiger partial charge in [0.15, 0.2) is 0 Å².